The maximum Gasteiger partial charge on any atom is 0.331 e. The zero-order valence-corrected chi connectivity index (χ0v) is 23.0. The molecule has 5 rings (SSSR count). The van der Waals surface area contributed by atoms with Gasteiger partial charge in [-0.15, -0.1) is 0 Å². The monoisotopic (exact) mass is 566 g/mol. The van der Waals surface area contributed by atoms with Crippen LogP contribution in [0.3, 0.4) is 0 Å². The number of rotatable bonds is 6. The number of halogens is 1. The summed E-state index contributed by atoms with van der Waals surface area (Å²) in [4.78, 5) is 66.7. The molecule has 0 aliphatic carbocycles. The number of benzene rings is 2. The van der Waals surface area contributed by atoms with Gasteiger partial charge in [-0.2, -0.15) is 0 Å². The van der Waals surface area contributed by atoms with Gasteiger partial charge < -0.3 is 15.3 Å². The van der Waals surface area contributed by atoms with Crippen LogP contribution in [0.2, 0.25) is 0 Å². The summed E-state index contributed by atoms with van der Waals surface area (Å²) >= 11 is 0. The topological polar surface area (TPSA) is 141 Å². The molecular formula is C28H31FN6O6. The lowest BCUT2D eigenvalue weighted by Crippen LogP contribution is -2.46. The Morgan fingerprint density at radius 2 is 1.59 bits per heavy atom. The first-order valence-corrected chi connectivity index (χ1v) is 13.5. The Hall–Kier alpha value is -4.52. The normalized spacial score (nSPS) is 14.2. The Bertz CT molecular complexity index is 1880. The molecule has 2 aromatic heterocycles. The summed E-state index contributed by atoms with van der Waals surface area (Å²) in [7, 11) is 1.53. The second kappa shape index (κ2) is 10.8. The fourth-order valence-corrected chi connectivity index (χ4v) is 5.72. The van der Waals surface area contributed by atoms with Crippen molar-refractivity contribution in [2.75, 3.05) is 25.0 Å². The zero-order chi connectivity index (χ0) is 29.6. The number of hydrogen-bond donors (Lipinski definition) is 2. The summed E-state index contributed by atoms with van der Waals surface area (Å²) in [6.45, 7) is 4.04. The highest BCUT2D eigenvalue weighted by molar-refractivity contribution is 6.07. The van der Waals surface area contributed by atoms with Gasteiger partial charge in [0.15, 0.2) is 0 Å². The summed E-state index contributed by atoms with van der Waals surface area (Å²) in [6, 6.07) is 6.35. The lowest BCUT2D eigenvalue weighted by Gasteiger charge is -2.33. The van der Waals surface area contributed by atoms with Gasteiger partial charge in [0.2, 0.25) is 5.91 Å². The van der Waals surface area contributed by atoms with Gasteiger partial charge in [0.05, 0.1) is 33.2 Å². The molecule has 1 aliphatic heterocycles. The molecule has 0 atom stereocenters. The van der Waals surface area contributed by atoms with Gasteiger partial charge in [-0.25, -0.2) is 14.0 Å². The fraction of sp³-hybridized carbons (Fsp3) is 0.393. The van der Waals surface area contributed by atoms with E-state index in [1.165, 1.54) is 23.7 Å². The predicted molar refractivity (Wildman–Crippen MR) is 151 cm³/mol. The lowest BCUT2D eigenvalue weighted by atomic mass is 10.0. The number of piperidine rings is 1. The molecule has 4 aromatic rings. The quantitative estimate of drug-likeness (QED) is 0.362. The van der Waals surface area contributed by atoms with Crippen LogP contribution < -0.4 is 22.3 Å². The van der Waals surface area contributed by atoms with Crippen LogP contribution in [0.1, 0.15) is 43.1 Å². The maximum atomic E-state index is 13.9. The second-order valence-corrected chi connectivity index (χ2v) is 10.1. The Balaban J connectivity index is 1.49. The number of amides is 2. The summed E-state index contributed by atoms with van der Waals surface area (Å²) in [5.41, 5.74) is 0.408. The molecule has 0 spiro atoms. The molecule has 0 bridgehead atoms. The smallest absolute Gasteiger partial charge is 0.331 e. The number of likely N-dealkylation sites (tertiary alicyclic amines) is 1. The van der Waals surface area contributed by atoms with E-state index in [1.807, 2.05) is 13.8 Å². The molecule has 1 saturated heterocycles. The van der Waals surface area contributed by atoms with Crippen molar-refractivity contribution in [1.82, 2.24) is 23.2 Å². The number of imidazole rings is 1. The van der Waals surface area contributed by atoms with Crippen molar-refractivity contribution < 1.29 is 19.1 Å². The third-order valence-electron chi connectivity index (χ3n) is 7.82. The Morgan fingerprint density at radius 3 is 2.20 bits per heavy atom. The fourth-order valence-electron chi connectivity index (χ4n) is 5.72. The third kappa shape index (κ3) is 4.65. The van der Waals surface area contributed by atoms with Gasteiger partial charge in [0.1, 0.15) is 12.4 Å². The van der Waals surface area contributed by atoms with E-state index >= 15 is 0 Å². The van der Waals surface area contributed by atoms with Crippen LogP contribution in [0.15, 0.2) is 44.7 Å². The SMILES string of the molecule is CCn1c(=O)n(CC)c2cc(C(=O)N3CCC(n4c(=O)c5cc(F)ccc5n(C)c4=O)CC3)c(NC(=O)CO)cc21. The highest BCUT2D eigenvalue weighted by Gasteiger charge is 2.29. The number of aromatic nitrogens is 4. The van der Waals surface area contributed by atoms with Crippen LogP contribution in [0, 0.1) is 5.82 Å². The molecule has 216 valence electrons. The summed E-state index contributed by atoms with van der Waals surface area (Å²) in [6.07, 6.45) is 0.600. The molecule has 41 heavy (non-hydrogen) atoms. The van der Waals surface area contributed by atoms with E-state index in [-0.39, 0.29) is 35.4 Å². The number of aliphatic hydroxyl groups is 1. The van der Waals surface area contributed by atoms with E-state index in [9.17, 15) is 33.5 Å². The molecule has 0 unspecified atom stereocenters. The molecule has 1 fully saturated rings. The largest absolute Gasteiger partial charge is 0.387 e. The average molecular weight is 567 g/mol. The van der Waals surface area contributed by atoms with Crippen molar-refractivity contribution in [3.8, 4) is 0 Å². The van der Waals surface area contributed by atoms with Crippen LogP contribution in [-0.2, 0) is 24.9 Å². The molecule has 13 heteroatoms. The van der Waals surface area contributed by atoms with Gasteiger partial charge in [0.25, 0.3) is 11.5 Å². The van der Waals surface area contributed by atoms with Gasteiger partial charge in [-0.3, -0.25) is 32.7 Å². The Kier molecular flexibility index (Phi) is 7.39. The van der Waals surface area contributed by atoms with Crippen molar-refractivity contribution >= 4 is 39.4 Å². The van der Waals surface area contributed by atoms with Crippen LogP contribution in [-0.4, -0.2) is 59.8 Å². The van der Waals surface area contributed by atoms with E-state index in [4.69, 9.17) is 0 Å². The number of aliphatic hydroxyl groups excluding tert-OH is 1. The number of carbonyl (C=O) groups is 2. The van der Waals surface area contributed by atoms with E-state index in [0.717, 1.165) is 10.6 Å². The van der Waals surface area contributed by atoms with Crippen molar-refractivity contribution in [2.45, 2.75) is 45.8 Å². The first-order chi connectivity index (χ1) is 19.6. The van der Waals surface area contributed by atoms with Crippen LogP contribution in [0.4, 0.5) is 10.1 Å². The molecule has 2 amide bonds. The van der Waals surface area contributed by atoms with E-state index < -0.39 is 41.5 Å². The molecular weight excluding hydrogens is 535 g/mol. The second-order valence-electron chi connectivity index (χ2n) is 10.1. The van der Waals surface area contributed by atoms with Crippen molar-refractivity contribution in [3.05, 3.63) is 73.0 Å². The highest BCUT2D eigenvalue weighted by Crippen LogP contribution is 2.28. The molecule has 12 nitrogen and oxygen atoms in total. The molecule has 1 aliphatic rings. The minimum absolute atomic E-state index is 0.101. The van der Waals surface area contributed by atoms with Crippen LogP contribution in [0.25, 0.3) is 21.9 Å². The Morgan fingerprint density at radius 1 is 0.951 bits per heavy atom. The van der Waals surface area contributed by atoms with Crippen molar-refractivity contribution in [2.24, 2.45) is 7.05 Å². The van der Waals surface area contributed by atoms with E-state index in [1.54, 1.807) is 26.2 Å². The van der Waals surface area contributed by atoms with Gasteiger partial charge >= 0.3 is 11.4 Å². The summed E-state index contributed by atoms with van der Waals surface area (Å²) in [5.74, 6) is -1.69. The average Bonchev–Trinajstić information content (AvgIpc) is 3.24. The molecule has 2 aromatic carbocycles. The van der Waals surface area contributed by atoms with E-state index in [0.29, 0.717) is 42.5 Å². The summed E-state index contributed by atoms with van der Waals surface area (Å²) < 4.78 is 19.4. The van der Waals surface area contributed by atoms with Crippen LogP contribution >= 0.6 is 0 Å². The zero-order valence-electron chi connectivity index (χ0n) is 23.0. The molecule has 3 heterocycles. The first kappa shape index (κ1) is 28.0. The highest BCUT2D eigenvalue weighted by atomic mass is 19.1. The van der Waals surface area contributed by atoms with Gasteiger partial charge in [-0.05, 0) is 57.0 Å². The van der Waals surface area contributed by atoms with E-state index in [2.05, 4.69) is 5.32 Å². The number of anilines is 1. The van der Waals surface area contributed by atoms with Crippen molar-refractivity contribution in [3.63, 3.8) is 0 Å². The predicted octanol–water partition coefficient (Wildman–Crippen LogP) is 1.40. The number of carbonyl (C=O) groups excluding carboxylic acids is 2. The molecule has 0 radical (unpaired) electrons. The number of nitrogens with zero attached hydrogens (tertiary/aromatic N) is 5. The van der Waals surface area contributed by atoms with Crippen LogP contribution in [0.5, 0.6) is 0 Å². The maximum absolute atomic E-state index is 13.9. The lowest BCUT2D eigenvalue weighted by molar-refractivity contribution is -0.118. The van der Waals surface area contributed by atoms with Gasteiger partial charge in [-0.1, -0.05) is 0 Å². The minimum Gasteiger partial charge on any atom is -0.387 e. The number of fused-ring (bicyclic) bond motifs is 2. The first-order valence-electron chi connectivity index (χ1n) is 13.5. The Labute approximate surface area is 232 Å². The number of nitrogens with one attached hydrogen (secondary N) is 1. The minimum atomic E-state index is -0.785. The van der Waals surface area contributed by atoms with Crippen molar-refractivity contribution in [1.29, 1.82) is 0 Å². The molecule has 0 saturated carbocycles. The third-order valence-corrected chi connectivity index (χ3v) is 7.82. The standard InChI is InChI=1S/C28H31FN6O6/c1-4-33-22-13-18(20(30-24(37)15-36)14-23(22)34(5-2)28(33)41)25(38)32-10-8-17(9-11-32)35-26(39)19-12-16(29)6-7-21(19)31(3)27(35)40/h6-7,12-14,17,36H,4-5,8-11,15H2,1-3H3,(H,30,37). The van der Waals surface area contributed by atoms with Gasteiger partial charge in [0, 0.05) is 39.3 Å². The number of hydrogen-bond acceptors (Lipinski definition) is 6. The molecule has 2 N–H and O–H groups in total. The number of aryl methyl sites for hydroxylation is 3. The summed E-state index contributed by atoms with van der Waals surface area (Å²) in [5, 5.41) is 12.0.